The first-order chi connectivity index (χ1) is 13.3. The van der Waals surface area contributed by atoms with Crippen LogP contribution in [0.4, 0.5) is 0 Å². The molecule has 1 heterocycles. The smallest absolute Gasteiger partial charge is 0.220 e. The molecule has 2 atom stereocenters. The van der Waals surface area contributed by atoms with Gasteiger partial charge in [0, 0.05) is 17.7 Å². The van der Waals surface area contributed by atoms with Crippen LogP contribution in [0.15, 0.2) is 65.7 Å². The van der Waals surface area contributed by atoms with Crippen LogP contribution < -0.4 is 10.5 Å². The van der Waals surface area contributed by atoms with Gasteiger partial charge in [-0.15, -0.1) is 0 Å². The lowest BCUT2D eigenvalue weighted by molar-refractivity contribution is -0.124. The van der Waals surface area contributed by atoms with E-state index in [0.717, 1.165) is 16.9 Å². The Hall–Kier alpha value is -2.63. The summed E-state index contributed by atoms with van der Waals surface area (Å²) < 4.78 is 5.80. The summed E-state index contributed by atoms with van der Waals surface area (Å²) in [6.45, 7) is 2.01. The van der Waals surface area contributed by atoms with E-state index in [1.165, 1.54) is 0 Å². The molecule has 0 saturated carbocycles. The van der Waals surface area contributed by atoms with Gasteiger partial charge in [-0.05, 0) is 48.4 Å². The first kappa shape index (κ1) is 20.1. The van der Waals surface area contributed by atoms with E-state index in [1.807, 2.05) is 54.6 Å². The number of hydrogen-bond acceptors (Lipinski definition) is 4. The van der Waals surface area contributed by atoms with E-state index in [0.29, 0.717) is 18.1 Å². The predicted octanol–water partition coefficient (Wildman–Crippen LogP) is 3.47. The third-order valence-corrected chi connectivity index (χ3v) is 5.14. The highest BCUT2D eigenvalue weighted by Crippen LogP contribution is 2.36. The number of amides is 1. The Labute approximate surface area is 169 Å². The van der Waals surface area contributed by atoms with Crippen molar-refractivity contribution in [3.05, 3.63) is 76.8 Å². The van der Waals surface area contributed by atoms with Gasteiger partial charge < -0.3 is 15.6 Å². The minimum Gasteiger partial charge on any atom is -0.489 e. The molecule has 3 N–H and O–H groups in total. The molecule has 0 aromatic heterocycles. The number of ether oxygens (including phenoxy) is 1. The van der Waals surface area contributed by atoms with Gasteiger partial charge in [-0.3, -0.25) is 9.79 Å². The van der Waals surface area contributed by atoms with Crippen LogP contribution in [0.3, 0.4) is 0 Å². The molecule has 146 valence electrons. The molecule has 0 radical (unpaired) electrons. The Kier molecular flexibility index (Phi) is 5.87. The second-order valence-electron chi connectivity index (χ2n) is 7.22. The minimum atomic E-state index is -1.38. The quantitative estimate of drug-likeness (QED) is 0.714. The summed E-state index contributed by atoms with van der Waals surface area (Å²) in [7, 11) is 0. The number of aliphatic hydroxyl groups is 1. The molecule has 1 amide bonds. The molecule has 28 heavy (non-hydrogen) atoms. The summed E-state index contributed by atoms with van der Waals surface area (Å²) in [6.07, 6.45) is 5.50. The van der Waals surface area contributed by atoms with Crippen molar-refractivity contribution >= 4 is 23.7 Å². The van der Waals surface area contributed by atoms with E-state index in [2.05, 4.69) is 4.99 Å². The Morgan fingerprint density at radius 3 is 2.61 bits per heavy atom. The maximum absolute atomic E-state index is 11.4. The summed E-state index contributed by atoms with van der Waals surface area (Å²) in [5.74, 6) is 0.164. The number of nitrogens with two attached hydrogens (primary N) is 1. The maximum Gasteiger partial charge on any atom is 0.220 e. The largest absolute Gasteiger partial charge is 0.489 e. The van der Waals surface area contributed by atoms with Crippen LogP contribution in [-0.2, 0) is 17.8 Å². The second-order valence-corrected chi connectivity index (χ2v) is 7.65. The Balaban J connectivity index is 1.69. The van der Waals surface area contributed by atoms with E-state index >= 15 is 0 Å². The summed E-state index contributed by atoms with van der Waals surface area (Å²) in [6, 6.07) is 15.1. The van der Waals surface area contributed by atoms with E-state index in [1.54, 1.807) is 19.2 Å². The number of allylic oxidation sites excluding steroid dienone is 1. The van der Waals surface area contributed by atoms with Gasteiger partial charge in [0.2, 0.25) is 5.91 Å². The Morgan fingerprint density at radius 2 is 2.00 bits per heavy atom. The fourth-order valence-corrected chi connectivity index (χ4v) is 3.55. The summed E-state index contributed by atoms with van der Waals surface area (Å²) in [5, 5.41) is 11.6. The average Bonchev–Trinajstić information content (AvgIpc) is 3.11. The molecule has 1 aliphatic heterocycles. The highest BCUT2D eigenvalue weighted by molar-refractivity contribution is 6.30. The maximum atomic E-state index is 11.4. The molecule has 2 unspecified atom stereocenters. The van der Waals surface area contributed by atoms with Crippen molar-refractivity contribution in [2.24, 2.45) is 10.7 Å². The lowest BCUT2D eigenvalue weighted by atomic mass is 9.75. The molecule has 5 nitrogen and oxygen atoms in total. The number of carbonyl (C=O) groups excluding carboxylic acids is 1. The van der Waals surface area contributed by atoms with Crippen molar-refractivity contribution in [1.82, 2.24) is 0 Å². The number of benzene rings is 2. The van der Waals surface area contributed by atoms with Gasteiger partial charge in [-0.1, -0.05) is 41.9 Å². The van der Waals surface area contributed by atoms with E-state index in [9.17, 15) is 9.90 Å². The lowest BCUT2D eigenvalue weighted by Gasteiger charge is -2.38. The van der Waals surface area contributed by atoms with Crippen LogP contribution in [0.1, 0.15) is 24.5 Å². The van der Waals surface area contributed by atoms with E-state index < -0.39 is 17.0 Å². The number of aliphatic imine (C=N–C) groups is 1. The Morgan fingerprint density at radius 1 is 1.25 bits per heavy atom. The van der Waals surface area contributed by atoms with Gasteiger partial charge in [0.05, 0.1) is 12.0 Å². The first-order valence-corrected chi connectivity index (χ1v) is 9.37. The molecular formula is C22H23ClN2O3. The molecule has 2 aromatic rings. The molecule has 0 bridgehead atoms. The lowest BCUT2D eigenvalue weighted by Crippen LogP contribution is -2.52. The number of hydrogen-bond donors (Lipinski definition) is 2. The third kappa shape index (κ3) is 4.61. The zero-order valence-corrected chi connectivity index (χ0v) is 16.4. The zero-order valence-electron chi connectivity index (χ0n) is 15.6. The van der Waals surface area contributed by atoms with E-state index in [4.69, 9.17) is 22.1 Å². The monoisotopic (exact) mass is 398 g/mol. The first-order valence-electron chi connectivity index (χ1n) is 9.00. The number of rotatable bonds is 8. The molecule has 2 aromatic carbocycles. The molecule has 0 saturated heterocycles. The predicted molar refractivity (Wildman–Crippen MR) is 111 cm³/mol. The molecule has 3 rings (SSSR count). The van der Waals surface area contributed by atoms with Gasteiger partial charge in [0.1, 0.15) is 17.9 Å². The number of primary amides is 1. The van der Waals surface area contributed by atoms with Crippen molar-refractivity contribution in [3.8, 4) is 5.75 Å². The fraction of sp³-hybridized carbons (Fsp3) is 0.273. The molecular weight excluding hydrogens is 376 g/mol. The van der Waals surface area contributed by atoms with Crippen molar-refractivity contribution in [2.75, 3.05) is 0 Å². The topological polar surface area (TPSA) is 84.9 Å². The SMILES string of the molecule is CC(O)(CC(N)=O)C1(Cc2ccc(OCc3cccc(Cl)c3)cc2)C=CC=N1. The number of carbonyl (C=O) groups is 1. The number of nitrogens with zero attached hydrogens (tertiary/aromatic N) is 1. The van der Waals surface area contributed by atoms with Gasteiger partial charge >= 0.3 is 0 Å². The van der Waals surface area contributed by atoms with Gasteiger partial charge in [-0.2, -0.15) is 0 Å². The van der Waals surface area contributed by atoms with Crippen LogP contribution in [-0.4, -0.2) is 28.4 Å². The summed E-state index contributed by atoms with van der Waals surface area (Å²) in [4.78, 5) is 15.8. The van der Waals surface area contributed by atoms with Crippen molar-refractivity contribution in [1.29, 1.82) is 0 Å². The summed E-state index contributed by atoms with van der Waals surface area (Å²) in [5.41, 5.74) is 4.95. The van der Waals surface area contributed by atoms with E-state index in [-0.39, 0.29) is 6.42 Å². The second kappa shape index (κ2) is 8.17. The van der Waals surface area contributed by atoms with Crippen molar-refractivity contribution in [3.63, 3.8) is 0 Å². The van der Waals surface area contributed by atoms with Gasteiger partial charge in [0.25, 0.3) is 0 Å². The van der Waals surface area contributed by atoms with Crippen molar-refractivity contribution < 1.29 is 14.6 Å². The van der Waals surface area contributed by atoms with Gasteiger partial charge in [0.15, 0.2) is 0 Å². The van der Waals surface area contributed by atoms with Crippen molar-refractivity contribution in [2.45, 2.75) is 37.5 Å². The highest BCUT2D eigenvalue weighted by Gasteiger charge is 2.47. The molecule has 1 aliphatic rings. The Bertz CT molecular complexity index is 892. The van der Waals surface area contributed by atoms with Gasteiger partial charge in [-0.25, -0.2) is 0 Å². The number of halogens is 1. The summed E-state index contributed by atoms with van der Waals surface area (Å²) >= 11 is 5.99. The van der Waals surface area contributed by atoms with Crippen LogP contribution in [0.25, 0.3) is 0 Å². The molecule has 0 aliphatic carbocycles. The fourth-order valence-electron chi connectivity index (χ4n) is 3.34. The average molecular weight is 399 g/mol. The van der Waals surface area contributed by atoms with Crippen LogP contribution in [0, 0.1) is 0 Å². The third-order valence-electron chi connectivity index (χ3n) is 4.91. The normalized spacial score (nSPS) is 20.1. The zero-order chi connectivity index (χ0) is 20.2. The standard InChI is InChI=1S/C22H23ClN2O3/c1-21(27,14-20(24)26)22(10-3-11-25-22)13-16-6-8-19(9-7-16)28-15-17-4-2-5-18(23)12-17/h2-12,27H,13-15H2,1H3,(H2,24,26). The molecule has 0 fully saturated rings. The van der Waals surface area contributed by atoms with Crippen LogP contribution in [0.5, 0.6) is 5.75 Å². The van der Waals surface area contributed by atoms with Crippen LogP contribution >= 0.6 is 11.6 Å². The highest BCUT2D eigenvalue weighted by atomic mass is 35.5. The molecule has 6 heteroatoms. The minimum absolute atomic E-state index is 0.171. The van der Waals surface area contributed by atoms with Crippen LogP contribution in [0.2, 0.25) is 5.02 Å². The molecule has 0 spiro atoms.